The minimum Gasteiger partial charge on any atom is -0.312 e. The first kappa shape index (κ1) is 63.9. The summed E-state index contributed by atoms with van der Waals surface area (Å²) in [6, 6.07) is 163. The van der Waals surface area contributed by atoms with Crippen LogP contribution in [-0.2, 0) is 0 Å². The lowest BCUT2D eigenvalue weighted by Crippen LogP contribution is -2.75. The average Bonchev–Trinajstić information content (AvgIpc) is 1.24. The van der Waals surface area contributed by atoms with Crippen molar-refractivity contribution in [3.8, 4) is 33.6 Å². The standard InChI is InChI=1S/C102H71BN4Si2/c1-7-36-74(37-8-1)108(75-38-9-2-10-39-75,76-40-11-3-12-41-76)100-64-33-31-60-96(100)106-94-68-66-72(80-48-19-25-54-88(80)104-90-56-27-21-50-82(90)83-51-22-28-57-91(83)104)70-86(94)103-87-71-73(81-49-20-26-55-89(81)105-92-58-29-23-52-84(92)85-53-24-30-59-93(85)105)67-69-95(87)107(99-63-35-62-98(106)102(99)103)97-61-32-34-65-101(97)109(77-42-13-4-14-43-77,78-44-15-5-16-45-78)79-46-17-6-18-47-79/h1-71H. The molecule has 19 aromatic rings. The van der Waals surface area contributed by atoms with Gasteiger partial charge in [-0.15, -0.1) is 0 Å². The Morgan fingerprint density at radius 2 is 0.450 bits per heavy atom. The van der Waals surface area contributed by atoms with E-state index in [1.165, 1.54) is 101 Å². The minimum atomic E-state index is -3.25. The summed E-state index contributed by atoms with van der Waals surface area (Å²) in [6.45, 7) is -0.289. The second kappa shape index (κ2) is 26.2. The van der Waals surface area contributed by atoms with Crippen LogP contribution >= 0.6 is 0 Å². The molecule has 4 nitrogen and oxygen atoms in total. The molecule has 21 rings (SSSR count). The molecule has 0 atom stereocenters. The van der Waals surface area contributed by atoms with E-state index in [9.17, 15) is 0 Å². The zero-order valence-corrected chi connectivity index (χ0v) is 61.9. The van der Waals surface area contributed by atoms with E-state index in [0.29, 0.717) is 0 Å². The predicted octanol–water partition coefficient (Wildman–Crippen LogP) is 18.1. The number of hydrogen-bond donors (Lipinski definition) is 0. The van der Waals surface area contributed by atoms with E-state index in [0.717, 1.165) is 67.8 Å². The Hall–Kier alpha value is -13.6. The van der Waals surface area contributed by atoms with Gasteiger partial charge in [-0.2, -0.15) is 0 Å². The molecule has 0 saturated heterocycles. The SMILES string of the molecule is c1ccc([Si](c2ccccc2)(c2ccccc2)c2ccccc2N2c3ccc(-c4ccccc4-n4c5ccccc5c5ccccc54)cc3B3c4cc(-c5ccccc5-n5c6ccccc6c6ccccc65)ccc4N(c4ccccc4[Si](c4ccccc4)(c4ccccc4)c4ccccc4)c4cccc2c43)cc1. The Morgan fingerprint density at radius 1 is 0.193 bits per heavy atom. The summed E-state index contributed by atoms with van der Waals surface area (Å²) >= 11 is 0. The Labute approximate surface area is 637 Å². The van der Waals surface area contributed by atoms with Crippen LogP contribution in [0.2, 0.25) is 0 Å². The fourth-order valence-corrected chi connectivity index (χ4v) is 28.9. The molecule has 2 aromatic heterocycles. The van der Waals surface area contributed by atoms with Crippen LogP contribution < -0.4 is 67.7 Å². The zero-order chi connectivity index (χ0) is 72.0. The Balaban J connectivity index is 0.891. The van der Waals surface area contributed by atoms with Gasteiger partial charge < -0.3 is 18.9 Å². The van der Waals surface area contributed by atoms with Crippen LogP contribution in [0.4, 0.5) is 34.1 Å². The zero-order valence-electron chi connectivity index (χ0n) is 59.9. The lowest BCUT2D eigenvalue weighted by molar-refractivity contribution is 1.18. The van der Waals surface area contributed by atoms with Crippen molar-refractivity contribution in [2.75, 3.05) is 9.80 Å². The topological polar surface area (TPSA) is 16.3 Å². The van der Waals surface area contributed by atoms with Crippen molar-refractivity contribution in [3.63, 3.8) is 0 Å². The fourth-order valence-electron chi connectivity index (χ4n) is 19.0. The Kier molecular flexibility index (Phi) is 15.3. The highest BCUT2D eigenvalue weighted by molar-refractivity contribution is 7.21. The van der Waals surface area contributed by atoms with E-state index in [2.05, 4.69) is 450 Å². The summed E-state index contributed by atoms with van der Waals surface area (Å²) in [5.74, 6) is 0. The quantitative estimate of drug-likeness (QED) is 0.0797. The molecule has 2 aliphatic heterocycles. The second-order valence-electron chi connectivity index (χ2n) is 28.9. The molecule has 0 spiro atoms. The van der Waals surface area contributed by atoms with Crippen molar-refractivity contribution >= 4 is 158 Å². The molecule has 2 aliphatic rings. The maximum atomic E-state index is 2.69. The number of fused-ring (bicyclic) bond motifs is 10. The van der Waals surface area contributed by atoms with Gasteiger partial charge in [0.2, 0.25) is 0 Å². The lowest BCUT2D eigenvalue weighted by atomic mass is 9.33. The number of nitrogens with zero attached hydrogens (tertiary/aromatic N) is 4. The number of para-hydroxylation sites is 8. The van der Waals surface area contributed by atoms with Gasteiger partial charge in [0.1, 0.15) is 0 Å². The van der Waals surface area contributed by atoms with Gasteiger partial charge in [0.25, 0.3) is 6.71 Å². The molecule has 0 aliphatic carbocycles. The van der Waals surface area contributed by atoms with E-state index in [4.69, 9.17) is 0 Å². The van der Waals surface area contributed by atoms with Crippen LogP contribution in [0.15, 0.2) is 431 Å². The van der Waals surface area contributed by atoms with Crippen molar-refractivity contribution < 1.29 is 0 Å². The summed E-state index contributed by atoms with van der Waals surface area (Å²) < 4.78 is 4.98. The summed E-state index contributed by atoms with van der Waals surface area (Å²) in [7, 11) is -6.50. The third kappa shape index (κ3) is 9.84. The molecule has 7 heteroatoms. The van der Waals surface area contributed by atoms with Gasteiger partial charge in [0, 0.05) is 66.8 Å². The van der Waals surface area contributed by atoms with Crippen LogP contribution in [0, 0.1) is 0 Å². The maximum absolute atomic E-state index is 3.25. The van der Waals surface area contributed by atoms with E-state index in [1.807, 2.05) is 0 Å². The molecular formula is C102H71BN4Si2. The van der Waals surface area contributed by atoms with Crippen LogP contribution in [0.5, 0.6) is 0 Å². The van der Waals surface area contributed by atoms with Crippen LogP contribution in [0.3, 0.4) is 0 Å². The highest BCUT2D eigenvalue weighted by atomic mass is 28.3. The van der Waals surface area contributed by atoms with Crippen molar-refractivity contribution in [1.82, 2.24) is 9.13 Å². The minimum absolute atomic E-state index is 0.289. The van der Waals surface area contributed by atoms with Crippen LogP contribution in [-0.4, -0.2) is 32.0 Å². The molecule has 4 heterocycles. The first-order valence-electron chi connectivity index (χ1n) is 37.9. The molecule has 17 aromatic carbocycles. The highest BCUT2D eigenvalue weighted by Gasteiger charge is 2.50. The smallest absolute Gasteiger partial charge is 0.252 e. The molecule has 0 bridgehead atoms. The van der Waals surface area contributed by atoms with Crippen molar-refractivity contribution in [2.24, 2.45) is 0 Å². The van der Waals surface area contributed by atoms with Gasteiger partial charge >= 0.3 is 0 Å². The molecule has 0 unspecified atom stereocenters. The van der Waals surface area contributed by atoms with E-state index >= 15 is 0 Å². The molecule has 0 saturated carbocycles. The normalized spacial score (nSPS) is 12.5. The predicted molar refractivity (Wildman–Crippen MR) is 467 cm³/mol. The second-order valence-corrected chi connectivity index (χ2v) is 36.4. The van der Waals surface area contributed by atoms with Gasteiger partial charge in [-0.25, -0.2) is 0 Å². The lowest BCUT2D eigenvalue weighted by Gasteiger charge is -2.46. The maximum Gasteiger partial charge on any atom is 0.252 e. The third-order valence-corrected chi connectivity index (χ3v) is 33.1. The van der Waals surface area contributed by atoms with Gasteiger partial charge in [-0.05, 0) is 142 Å². The number of aromatic nitrogens is 2. The van der Waals surface area contributed by atoms with Crippen LogP contribution in [0.1, 0.15) is 0 Å². The molecule has 109 heavy (non-hydrogen) atoms. The summed E-state index contributed by atoms with van der Waals surface area (Å²) in [5, 5.41) is 15.4. The van der Waals surface area contributed by atoms with Gasteiger partial charge in [-0.1, -0.05) is 358 Å². The number of rotatable bonds is 14. The van der Waals surface area contributed by atoms with Gasteiger partial charge in [0.15, 0.2) is 16.1 Å². The van der Waals surface area contributed by atoms with E-state index in [1.54, 1.807) is 0 Å². The monoisotopic (exact) mass is 1420 g/mol. The number of hydrogen-bond acceptors (Lipinski definition) is 2. The molecular weight excluding hydrogens is 1350 g/mol. The van der Waals surface area contributed by atoms with Crippen molar-refractivity contribution in [3.05, 3.63) is 431 Å². The Morgan fingerprint density at radius 3 is 0.771 bits per heavy atom. The molecule has 510 valence electrons. The average molecular weight is 1420 g/mol. The summed E-state index contributed by atoms with van der Waals surface area (Å²) in [6.07, 6.45) is 0. The largest absolute Gasteiger partial charge is 0.312 e. The molecule has 0 N–H and O–H groups in total. The van der Waals surface area contributed by atoms with Gasteiger partial charge in [0.05, 0.1) is 33.4 Å². The first-order chi connectivity index (χ1) is 54.2. The van der Waals surface area contributed by atoms with E-state index in [-0.39, 0.29) is 6.71 Å². The molecule has 0 fully saturated rings. The van der Waals surface area contributed by atoms with Crippen molar-refractivity contribution in [1.29, 1.82) is 0 Å². The number of benzene rings is 17. The van der Waals surface area contributed by atoms with E-state index < -0.39 is 16.1 Å². The molecule has 0 radical (unpaired) electrons. The third-order valence-electron chi connectivity index (χ3n) is 23.4. The highest BCUT2D eigenvalue weighted by Crippen LogP contribution is 2.47. The summed E-state index contributed by atoms with van der Waals surface area (Å²) in [5.41, 5.74) is 22.0. The Bertz CT molecular complexity index is 6000. The first-order valence-corrected chi connectivity index (χ1v) is 41.9. The van der Waals surface area contributed by atoms with Gasteiger partial charge in [-0.3, -0.25) is 0 Å². The van der Waals surface area contributed by atoms with Crippen LogP contribution in [0.25, 0.3) is 77.2 Å². The number of anilines is 6. The summed E-state index contributed by atoms with van der Waals surface area (Å²) in [4.78, 5) is 5.37. The van der Waals surface area contributed by atoms with Crippen molar-refractivity contribution in [2.45, 2.75) is 0 Å². The molecule has 0 amide bonds. The fraction of sp³-hybridized carbons (Fsp3) is 0.